The molecule has 0 saturated heterocycles. The van der Waals surface area contributed by atoms with Crippen LogP contribution in [-0.2, 0) is 12.1 Å². The fraction of sp³-hybridized carbons (Fsp3) is 0.308. The molecule has 3 N–H and O–H groups in total. The molecule has 0 bridgehead atoms. The van der Waals surface area contributed by atoms with E-state index in [4.69, 9.17) is 14.9 Å². The maximum absolute atomic E-state index is 15.3. The number of fused-ring (bicyclic) bond motifs is 2. The number of oxazole rings is 1. The number of pyridine rings is 1. The minimum atomic E-state index is -1.53. The second-order valence-electron chi connectivity index (χ2n) is 9.44. The Morgan fingerprint density at radius 3 is 2.90 bits per heavy atom. The number of halogens is 2. The number of nitrogens with two attached hydrogens (primary N) is 1. The van der Waals surface area contributed by atoms with E-state index in [1.165, 1.54) is 48.6 Å². The molecule has 4 atom stereocenters. The number of aromatic nitrogens is 4. The second kappa shape index (κ2) is 9.46. The lowest BCUT2D eigenvalue weighted by Crippen LogP contribution is -2.40. The molecule has 3 aromatic heterocycles. The van der Waals surface area contributed by atoms with Crippen molar-refractivity contribution in [3.8, 4) is 11.9 Å². The number of hydrogen-bond acceptors (Lipinski definition) is 11. The maximum atomic E-state index is 15.3. The highest BCUT2D eigenvalue weighted by Gasteiger charge is 2.73. The molecule has 4 aromatic rings. The molecule has 0 radical (unpaired) electrons. The lowest BCUT2D eigenvalue weighted by atomic mass is 9.83. The van der Waals surface area contributed by atoms with E-state index in [0.29, 0.717) is 28.4 Å². The van der Waals surface area contributed by atoms with Gasteiger partial charge in [-0.05, 0) is 30.2 Å². The third-order valence-corrected chi connectivity index (χ3v) is 8.78. The van der Waals surface area contributed by atoms with E-state index >= 15 is 4.39 Å². The first-order valence-electron chi connectivity index (χ1n) is 12.1. The van der Waals surface area contributed by atoms with E-state index in [1.54, 1.807) is 12.3 Å². The van der Waals surface area contributed by atoms with Gasteiger partial charge in [0.25, 0.3) is 0 Å². The molecule has 0 amide bonds. The Bertz CT molecular complexity index is 1630. The number of nitrogens with one attached hydrogen (secondary N) is 1. The zero-order chi connectivity index (χ0) is 27.2. The van der Waals surface area contributed by atoms with Gasteiger partial charge in [0, 0.05) is 28.1 Å². The van der Waals surface area contributed by atoms with Crippen molar-refractivity contribution in [1.29, 1.82) is 5.26 Å². The summed E-state index contributed by atoms with van der Waals surface area (Å²) in [6, 6.07) is 8.16. The minimum absolute atomic E-state index is 0.0726. The van der Waals surface area contributed by atoms with Crippen LogP contribution < -0.4 is 15.8 Å². The molecule has 4 heterocycles. The van der Waals surface area contributed by atoms with Crippen molar-refractivity contribution in [2.75, 3.05) is 12.0 Å². The van der Waals surface area contributed by atoms with Crippen LogP contribution in [0.2, 0.25) is 0 Å². The van der Waals surface area contributed by atoms with E-state index < -0.39 is 22.8 Å². The number of thioether (sulfide) groups is 1. The van der Waals surface area contributed by atoms with Gasteiger partial charge < -0.3 is 20.2 Å². The Morgan fingerprint density at radius 2 is 2.13 bits per heavy atom. The summed E-state index contributed by atoms with van der Waals surface area (Å²) >= 11 is 1.28. The Kier molecular flexibility index (Phi) is 6.06. The van der Waals surface area contributed by atoms with Gasteiger partial charge in [0.05, 0.1) is 30.4 Å². The molecule has 1 saturated carbocycles. The quantitative estimate of drug-likeness (QED) is 0.319. The molecule has 1 aliphatic carbocycles. The topological polar surface area (TPSA) is 148 Å². The molecule has 1 fully saturated rings. The predicted octanol–water partition coefficient (Wildman–Crippen LogP) is 4.62. The van der Waals surface area contributed by atoms with E-state index in [1.807, 2.05) is 6.92 Å². The number of aliphatic imine (C=N–C) groups is 1. The van der Waals surface area contributed by atoms with Gasteiger partial charge in [-0.25, -0.2) is 33.7 Å². The summed E-state index contributed by atoms with van der Waals surface area (Å²) in [6.07, 6.45) is 6.15. The average molecular weight is 549 g/mol. The molecule has 2 aliphatic rings. The Morgan fingerprint density at radius 1 is 1.26 bits per heavy atom. The van der Waals surface area contributed by atoms with Gasteiger partial charge in [-0.15, -0.1) is 0 Å². The predicted molar refractivity (Wildman–Crippen MR) is 140 cm³/mol. The summed E-state index contributed by atoms with van der Waals surface area (Å²) in [4.78, 5) is 21.7. The van der Waals surface area contributed by atoms with Crippen LogP contribution in [0, 0.1) is 29.0 Å². The zero-order valence-corrected chi connectivity index (χ0v) is 21.5. The Labute approximate surface area is 225 Å². The number of nitriles is 1. The SMILES string of the molecule is CC1C2[C@@]1(CC#N)SC(N)=N[C@]2(CF)c1cc(Nc2nccc3nc(OCc4ncco4)cnc23)ccc1F. The summed E-state index contributed by atoms with van der Waals surface area (Å²) < 4.78 is 40.4. The number of rotatable bonds is 8. The molecule has 39 heavy (non-hydrogen) atoms. The largest absolute Gasteiger partial charge is 0.467 e. The highest BCUT2D eigenvalue weighted by Crippen LogP contribution is 2.71. The number of hydrogen-bond donors (Lipinski definition) is 2. The Balaban J connectivity index is 1.32. The normalized spacial score (nSPS) is 25.4. The van der Waals surface area contributed by atoms with Gasteiger partial charge >= 0.3 is 0 Å². The first-order chi connectivity index (χ1) is 18.9. The molecule has 0 spiro atoms. The summed E-state index contributed by atoms with van der Waals surface area (Å²) in [5.41, 5.74) is 6.06. The van der Waals surface area contributed by atoms with E-state index in [9.17, 15) is 9.65 Å². The van der Waals surface area contributed by atoms with Crippen molar-refractivity contribution >= 4 is 39.5 Å². The number of anilines is 2. The van der Waals surface area contributed by atoms with Crippen molar-refractivity contribution < 1.29 is 17.9 Å². The molecule has 1 aliphatic heterocycles. The van der Waals surface area contributed by atoms with E-state index in [2.05, 4.69) is 36.3 Å². The standard InChI is InChI=1S/C26H22F2N8O2S/c1-14-22-25(13-27,36-24(30)39-26(14,22)5-6-29)16-10-15(2-3-17(16)28)34-23-21-18(4-7-32-23)35-19(11-33-21)38-12-20-31-8-9-37-20/h2-4,7-11,14,22H,5,12-13H2,1H3,(H2,30,36)(H,32,34)/t14?,22?,25-,26+/m1/s1. The smallest absolute Gasteiger partial charge is 0.233 e. The van der Waals surface area contributed by atoms with Gasteiger partial charge in [-0.3, -0.25) is 0 Å². The van der Waals surface area contributed by atoms with Crippen molar-refractivity contribution in [1.82, 2.24) is 19.9 Å². The summed E-state index contributed by atoms with van der Waals surface area (Å²) in [5, 5.41) is 12.7. The highest BCUT2D eigenvalue weighted by molar-refractivity contribution is 8.15. The zero-order valence-electron chi connectivity index (χ0n) is 20.6. The summed E-state index contributed by atoms with van der Waals surface area (Å²) in [7, 11) is 0. The van der Waals surface area contributed by atoms with Crippen LogP contribution in [0.3, 0.4) is 0 Å². The van der Waals surface area contributed by atoms with E-state index in [-0.39, 0.29) is 41.5 Å². The van der Waals surface area contributed by atoms with Crippen molar-refractivity contribution in [3.05, 3.63) is 66.4 Å². The third-order valence-electron chi connectivity index (χ3n) is 7.33. The van der Waals surface area contributed by atoms with Crippen LogP contribution in [0.1, 0.15) is 24.8 Å². The van der Waals surface area contributed by atoms with Gasteiger partial charge in [0.2, 0.25) is 11.8 Å². The van der Waals surface area contributed by atoms with Gasteiger partial charge in [0.1, 0.15) is 29.8 Å². The van der Waals surface area contributed by atoms with Gasteiger partial charge in [0.15, 0.2) is 17.6 Å². The first-order valence-corrected chi connectivity index (χ1v) is 12.9. The molecule has 6 rings (SSSR count). The number of benzene rings is 1. The van der Waals surface area contributed by atoms with Crippen molar-refractivity contribution in [2.45, 2.75) is 30.2 Å². The summed E-state index contributed by atoms with van der Waals surface area (Å²) in [6.45, 7) is 1.07. The molecule has 2 unspecified atom stereocenters. The molecular formula is C26H22F2N8O2S. The third kappa shape index (κ3) is 4.11. The highest BCUT2D eigenvalue weighted by atomic mass is 32.2. The number of amidine groups is 1. The molecule has 198 valence electrons. The number of nitrogens with zero attached hydrogens (tertiary/aromatic N) is 6. The van der Waals surface area contributed by atoms with Crippen LogP contribution in [0.5, 0.6) is 5.88 Å². The van der Waals surface area contributed by atoms with Crippen LogP contribution in [0.4, 0.5) is 20.3 Å². The second-order valence-corrected chi connectivity index (χ2v) is 10.8. The lowest BCUT2D eigenvalue weighted by molar-refractivity contribution is 0.253. The van der Waals surface area contributed by atoms with Gasteiger partial charge in [-0.1, -0.05) is 18.7 Å². The average Bonchev–Trinajstić information content (AvgIpc) is 3.26. The molecule has 13 heteroatoms. The first kappa shape index (κ1) is 25.0. The van der Waals surface area contributed by atoms with Crippen LogP contribution in [-0.4, -0.2) is 36.5 Å². The van der Waals surface area contributed by atoms with Gasteiger partial charge in [-0.2, -0.15) is 5.26 Å². The molecular weight excluding hydrogens is 526 g/mol. The molecule has 10 nitrogen and oxygen atoms in total. The van der Waals surface area contributed by atoms with Crippen molar-refractivity contribution in [2.24, 2.45) is 22.6 Å². The fourth-order valence-electron chi connectivity index (χ4n) is 5.52. The minimum Gasteiger partial charge on any atom is -0.467 e. The molecule has 1 aromatic carbocycles. The summed E-state index contributed by atoms with van der Waals surface area (Å²) in [5.74, 6) is -0.0177. The van der Waals surface area contributed by atoms with E-state index in [0.717, 1.165) is 0 Å². The fourth-order valence-corrected chi connectivity index (χ4v) is 7.04. The lowest BCUT2D eigenvalue weighted by Gasteiger charge is -2.34. The van der Waals surface area contributed by atoms with Crippen LogP contribution >= 0.6 is 11.8 Å². The van der Waals surface area contributed by atoms with Crippen LogP contribution in [0.25, 0.3) is 11.0 Å². The Hall–Kier alpha value is -4.31. The van der Waals surface area contributed by atoms with Crippen molar-refractivity contribution in [3.63, 3.8) is 0 Å². The number of alkyl halides is 1. The monoisotopic (exact) mass is 548 g/mol. The number of ether oxygens (including phenoxy) is 1. The van der Waals surface area contributed by atoms with Crippen LogP contribution in [0.15, 0.2) is 58.5 Å². The maximum Gasteiger partial charge on any atom is 0.233 e.